The predicted molar refractivity (Wildman–Crippen MR) is 73.3 cm³/mol. The molecule has 0 saturated heterocycles. The number of nitrogens with one attached hydrogen (secondary N) is 2. The van der Waals surface area contributed by atoms with E-state index in [-0.39, 0.29) is 0 Å². The van der Waals surface area contributed by atoms with Crippen molar-refractivity contribution in [1.29, 1.82) is 0 Å². The van der Waals surface area contributed by atoms with Crippen molar-refractivity contribution in [1.82, 2.24) is 4.98 Å². The lowest BCUT2D eigenvalue weighted by Gasteiger charge is -2.05. The van der Waals surface area contributed by atoms with Gasteiger partial charge in [-0.25, -0.2) is 4.98 Å². The number of rotatable bonds is 3. The molecule has 0 atom stereocenters. The number of fused-ring (bicyclic) bond motifs is 1. The van der Waals surface area contributed by atoms with E-state index in [1.54, 1.807) is 11.3 Å². The summed E-state index contributed by atoms with van der Waals surface area (Å²) in [7, 11) is 0. The van der Waals surface area contributed by atoms with Gasteiger partial charge in [0.05, 0.1) is 15.9 Å². The minimum atomic E-state index is 0.870. The third-order valence-electron chi connectivity index (χ3n) is 2.38. The van der Waals surface area contributed by atoms with Gasteiger partial charge in [-0.05, 0) is 24.3 Å². The molecule has 84 valence electrons. The largest absolute Gasteiger partial charge is 0.299 e. The molecule has 3 rings (SSSR count). The molecule has 0 bridgehead atoms. The first kappa shape index (κ1) is 10.1. The highest BCUT2D eigenvalue weighted by Crippen LogP contribution is 2.25. The summed E-state index contributed by atoms with van der Waals surface area (Å²) in [5.41, 5.74) is 8.27. The van der Waals surface area contributed by atoms with E-state index in [1.165, 1.54) is 4.70 Å². The Hall–Kier alpha value is -2.07. The van der Waals surface area contributed by atoms with E-state index in [0.29, 0.717) is 0 Å². The van der Waals surface area contributed by atoms with Gasteiger partial charge in [0.25, 0.3) is 0 Å². The number of hydrazine groups is 1. The van der Waals surface area contributed by atoms with Crippen molar-refractivity contribution in [2.24, 2.45) is 0 Å². The summed E-state index contributed by atoms with van der Waals surface area (Å²) < 4.78 is 1.19. The first-order valence-electron chi connectivity index (χ1n) is 5.34. The van der Waals surface area contributed by atoms with Crippen molar-refractivity contribution in [3.8, 4) is 0 Å². The molecule has 0 unspecified atom stereocenters. The molecule has 0 amide bonds. The average Bonchev–Trinajstić information content (AvgIpc) is 2.80. The van der Waals surface area contributed by atoms with Crippen LogP contribution in [-0.4, -0.2) is 4.98 Å². The second-order valence-corrected chi connectivity index (χ2v) is 4.63. The fourth-order valence-corrected chi connectivity index (χ4v) is 2.39. The zero-order chi connectivity index (χ0) is 11.5. The second-order valence-electron chi connectivity index (χ2n) is 3.60. The van der Waals surface area contributed by atoms with E-state index in [4.69, 9.17) is 0 Å². The Morgan fingerprint density at radius 3 is 2.41 bits per heavy atom. The number of aromatic nitrogens is 1. The summed E-state index contributed by atoms with van der Waals surface area (Å²) in [6, 6.07) is 18.1. The summed E-state index contributed by atoms with van der Waals surface area (Å²) in [4.78, 5) is 4.47. The van der Waals surface area contributed by atoms with E-state index in [9.17, 15) is 0 Å². The zero-order valence-corrected chi connectivity index (χ0v) is 9.87. The summed E-state index contributed by atoms with van der Waals surface area (Å²) in [6.45, 7) is 0. The van der Waals surface area contributed by atoms with Crippen LogP contribution in [0.25, 0.3) is 10.2 Å². The molecule has 4 heteroatoms. The third kappa shape index (κ3) is 2.21. The minimum absolute atomic E-state index is 0.870. The monoisotopic (exact) mass is 241 g/mol. The molecule has 0 aliphatic carbocycles. The van der Waals surface area contributed by atoms with Gasteiger partial charge in [-0.2, -0.15) is 0 Å². The Balaban J connectivity index is 1.77. The van der Waals surface area contributed by atoms with Crippen molar-refractivity contribution in [3.05, 3.63) is 54.6 Å². The number of benzene rings is 2. The molecule has 0 radical (unpaired) electrons. The van der Waals surface area contributed by atoms with Crippen molar-refractivity contribution in [3.63, 3.8) is 0 Å². The van der Waals surface area contributed by atoms with Gasteiger partial charge in [0.1, 0.15) is 0 Å². The first-order valence-corrected chi connectivity index (χ1v) is 6.16. The van der Waals surface area contributed by atoms with Crippen molar-refractivity contribution in [2.75, 3.05) is 10.9 Å². The van der Waals surface area contributed by atoms with Crippen LogP contribution in [0.4, 0.5) is 10.8 Å². The Morgan fingerprint density at radius 2 is 1.59 bits per heavy atom. The van der Waals surface area contributed by atoms with Gasteiger partial charge >= 0.3 is 0 Å². The molecule has 2 aromatic carbocycles. The maximum atomic E-state index is 4.47. The van der Waals surface area contributed by atoms with Crippen LogP contribution in [0.2, 0.25) is 0 Å². The van der Waals surface area contributed by atoms with Gasteiger partial charge < -0.3 is 0 Å². The standard InChI is InChI=1S/C13H11N3S/c1-2-6-10(7-3-1)15-16-13-14-11-8-4-5-9-12(11)17-13/h1-9,15H,(H,14,16). The highest BCUT2D eigenvalue weighted by molar-refractivity contribution is 7.22. The van der Waals surface area contributed by atoms with Gasteiger partial charge in [0.2, 0.25) is 5.13 Å². The molecule has 0 aliphatic heterocycles. The maximum absolute atomic E-state index is 4.47. The molecule has 2 N–H and O–H groups in total. The number of hydrogen-bond acceptors (Lipinski definition) is 4. The third-order valence-corrected chi connectivity index (χ3v) is 3.33. The summed E-state index contributed by atoms with van der Waals surface area (Å²) >= 11 is 1.63. The summed E-state index contributed by atoms with van der Waals surface area (Å²) in [5, 5.41) is 0.870. The highest BCUT2D eigenvalue weighted by Gasteiger charge is 2.01. The zero-order valence-electron chi connectivity index (χ0n) is 9.05. The lowest BCUT2D eigenvalue weighted by molar-refractivity contribution is 1.36. The van der Waals surface area contributed by atoms with Gasteiger partial charge in [0.15, 0.2) is 0 Å². The van der Waals surface area contributed by atoms with Crippen LogP contribution in [0.3, 0.4) is 0 Å². The van der Waals surface area contributed by atoms with Crippen LogP contribution >= 0.6 is 11.3 Å². The van der Waals surface area contributed by atoms with Crippen LogP contribution in [0, 0.1) is 0 Å². The lowest BCUT2D eigenvalue weighted by atomic mass is 10.3. The molecular weight excluding hydrogens is 230 g/mol. The molecule has 3 aromatic rings. The van der Waals surface area contributed by atoms with Gasteiger partial charge in [-0.3, -0.25) is 10.9 Å². The average molecular weight is 241 g/mol. The molecular formula is C13H11N3S. The van der Waals surface area contributed by atoms with Crippen LogP contribution in [-0.2, 0) is 0 Å². The number of anilines is 2. The van der Waals surface area contributed by atoms with Crippen molar-refractivity contribution < 1.29 is 0 Å². The molecule has 0 saturated carbocycles. The van der Waals surface area contributed by atoms with E-state index in [1.807, 2.05) is 48.5 Å². The van der Waals surface area contributed by atoms with Gasteiger partial charge in [-0.15, -0.1) is 0 Å². The SMILES string of the molecule is c1ccc(NNc2nc3ccccc3s2)cc1. The van der Waals surface area contributed by atoms with E-state index >= 15 is 0 Å². The Morgan fingerprint density at radius 1 is 0.824 bits per heavy atom. The predicted octanol–water partition coefficient (Wildman–Crippen LogP) is 3.74. The topological polar surface area (TPSA) is 37.0 Å². The molecule has 0 fully saturated rings. The van der Waals surface area contributed by atoms with Crippen LogP contribution in [0.5, 0.6) is 0 Å². The second kappa shape index (κ2) is 4.43. The molecule has 1 aromatic heterocycles. The van der Waals surface area contributed by atoms with Crippen LogP contribution in [0.15, 0.2) is 54.6 Å². The number of thiazole rings is 1. The first-order chi connectivity index (χ1) is 8.42. The highest BCUT2D eigenvalue weighted by atomic mass is 32.1. The molecule has 17 heavy (non-hydrogen) atoms. The van der Waals surface area contributed by atoms with Crippen LogP contribution in [0.1, 0.15) is 0 Å². The van der Waals surface area contributed by atoms with Crippen molar-refractivity contribution >= 4 is 32.4 Å². The Bertz CT molecular complexity index is 586. The molecule has 0 spiro atoms. The van der Waals surface area contributed by atoms with E-state index in [0.717, 1.165) is 16.3 Å². The van der Waals surface area contributed by atoms with Crippen molar-refractivity contribution in [2.45, 2.75) is 0 Å². The minimum Gasteiger partial charge on any atom is -0.299 e. The molecule has 1 heterocycles. The Kier molecular flexibility index (Phi) is 2.63. The fourth-order valence-electron chi connectivity index (χ4n) is 1.57. The maximum Gasteiger partial charge on any atom is 0.202 e. The normalized spacial score (nSPS) is 10.4. The lowest BCUT2D eigenvalue weighted by Crippen LogP contribution is -2.07. The smallest absolute Gasteiger partial charge is 0.202 e. The van der Waals surface area contributed by atoms with Gasteiger partial charge in [0, 0.05) is 0 Å². The van der Waals surface area contributed by atoms with E-state index in [2.05, 4.69) is 21.9 Å². The number of nitrogens with zero attached hydrogens (tertiary/aromatic N) is 1. The molecule has 0 aliphatic rings. The fraction of sp³-hybridized carbons (Fsp3) is 0. The van der Waals surface area contributed by atoms with E-state index < -0.39 is 0 Å². The number of hydrogen-bond donors (Lipinski definition) is 2. The molecule has 3 nitrogen and oxygen atoms in total. The summed E-state index contributed by atoms with van der Waals surface area (Å²) in [6.07, 6.45) is 0. The van der Waals surface area contributed by atoms with Gasteiger partial charge in [-0.1, -0.05) is 41.7 Å². The Labute approximate surface area is 103 Å². The van der Waals surface area contributed by atoms with Crippen LogP contribution < -0.4 is 10.9 Å². The summed E-state index contributed by atoms with van der Waals surface area (Å²) in [5.74, 6) is 0. The number of para-hydroxylation sites is 2. The quantitative estimate of drug-likeness (QED) is 0.686.